The fourth-order valence-corrected chi connectivity index (χ4v) is 4.14. The number of sulfonamides is 1. The van der Waals surface area contributed by atoms with Gasteiger partial charge in [-0.15, -0.1) is 0 Å². The number of methoxy groups -OCH3 is 1. The molecule has 32 heavy (non-hydrogen) atoms. The molecule has 0 heterocycles. The molecule has 0 aliphatic heterocycles. The predicted octanol–water partition coefficient (Wildman–Crippen LogP) is 2.16. The molecule has 0 radical (unpaired) electrons. The summed E-state index contributed by atoms with van der Waals surface area (Å²) < 4.78 is 32.7. The number of likely N-dealkylation sites (N-methyl/N-ethyl adjacent to an activating group) is 2. The van der Waals surface area contributed by atoms with Gasteiger partial charge in [0.2, 0.25) is 10.0 Å². The molecule has 0 saturated heterocycles. The minimum Gasteiger partial charge on any atom is -0.497 e. The summed E-state index contributed by atoms with van der Waals surface area (Å²) in [6.45, 7) is 1.10. The van der Waals surface area contributed by atoms with E-state index >= 15 is 0 Å². The highest BCUT2D eigenvalue weighted by molar-refractivity contribution is 7.89. The van der Waals surface area contributed by atoms with Gasteiger partial charge in [-0.25, -0.2) is 13.1 Å². The number of rotatable bonds is 12. The van der Waals surface area contributed by atoms with Crippen molar-refractivity contribution < 1.29 is 18.1 Å². The summed E-state index contributed by atoms with van der Waals surface area (Å²) in [6.07, 6.45) is 0. The molecule has 0 aliphatic carbocycles. The number of nitrogens with zero attached hydrogens (tertiary/aromatic N) is 3. The molecule has 2 N–H and O–H groups in total. The molecule has 10 nitrogen and oxygen atoms in total. The molecule has 2 aromatic rings. The zero-order chi connectivity index (χ0) is 23.9. The van der Waals surface area contributed by atoms with Crippen molar-refractivity contribution in [3.63, 3.8) is 0 Å². The summed E-state index contributed by atoms with van der Waals surface area (Å²) in [5, 5.41) is 14.7. The number of benzene rings is 2. The topological polar surface area (TPSA) is 117 Å². The lowest BCUT2D eigenvalue weighted by molar-refractivity contribution is -0.384. The molecule has 0 fully saturated rings. The average Bonchev–Trinajstić information content (AvgIpc) is 2.73. The Kier molecular flexibility index (Phi) is 8.96. The monoisotopic (exact) mass is 465 g/mol. The van der Waals surface area contributed by atoms with E-state index in [1.165, 1.54) is 12.1 Å². The molecule has 2 rings (SSSR count). The second-order valence-corrected chi connectivity index (χ2v) is 9.54. The van der Waals surface area contributed by atoms with Crippen molar-refractivity contribution in [1.29, 1.82) is 0 Å². The third-order valence-electron chi connectivity index (χ3n) is 4.94. The lowest BCUT2D eigenvalue weighted by Crippen LogP contribution is -2.31. The molecule has 0 spiro atoms. The van der Waals surface area contributed by atoms with Crippen LogP contribution in [0.2, 0.25) is 0 Å². The maximum Gasteiger partial charge on any atom is 0.293 e. The molecule has 0 aromatic heterocycles. The molecule has 0 aliphatic rings. The molecule has 0 amide bonds. The number of nitrogens with one attached hydrogen (secondary N) is 2. The van der Waals surface area contributed by atoms with Crippen LogP contribution < -0.4 is 14.8 Å². The minimum absolute atomic E-state index is 0.0726. The van der Waals surface area contributed by atoms with E-state index in [2.05, 4.69) is 10.0 Å². The number of anilines is 1. The van der Waals surface area contributed by atoms with Crippen molar-refractivity contribution >= 4 is 21.4 Å². The van der Waals surface area contributed by atoms with Crippen LogP contribution in [0.15, 0.2) is 47.4 Å². The first-order valence-electron chi connectivity index (χ1n) is 10.0. The normalized spacial score (nSPS) is 12.7. The fourth-order valence-electron chi connectivity index (χ4n) is 3.10. The molecule has 1 unspecified atom stereocenters. The van der Waals surface area contributed by atoms with Crippen LogP contribution in [-0.2, 0) is 10.0 Å². The number of hydrogen-bond donors (Lipinski definition) is 2. The molecular formula is C21H31N5O5S. The van der Waals surface area contributed by atoms with Crippen LogP contribution in [0.3, 0.4) is 0 Å². The van der Waals surface area contributed by atoms with Crippen LogP contribution in [0.4, 0.5) is 11.4 Å². The summed E-state index contributed by atoms with van der Waals surface area (Å²) in [6, 6.07) is 11.4. The van der Waals surface area contributed by atoms with Gasteiger partial charge in [-0.3, -0.25) is 10.1 Å². The van der Waals surface area contributed by atoms with Gasteiger partial charge in [-0.1, -0.05) is 12.1 Å². The third-order valence-corrected chi connectivity index (χ3v) is 6.40. The molecule has 11 heteroatoms. The maximum atomic E-state index is 12.5. The Labute approximate surface area is 189 Å². The summed E-state index contributed by atoms with van der Waals surface area (Å²) in [5.41, 5.74) is 0.963. The second kappa shape index (κ2) is 11.2. The van der Waals surface area contributed by atoms with Gasteiger partial charge < -0.3 is 19.9 Å². The second-order valence-electron chi connectivity index (χ2n) is 7.77. The number of nitro benzene ring substituents is 1. The van der Waals surface area contributed by atoms with Gasteiger partial charge in [-0.2, -0.15) is 0 Å². The Bertz CT molecular complexity index is 1010. The molecular weight excluding hydrogens is 434 g/mol. The van der Waals surface area contributed by atoms with Gasteiger partial charge >= 0.3 is 0 Å². The quantitative estimate of drug-likeness (QED) is 0.362. The smallest absolute Gasteiger partial charge is 0.293 e. The van der Waals surface area contributed by atoms with E-state index in [1.807, 2.05) is 62.3 Å². The highest BCUT2D eigenvalue weighted by atomic mass is 32.2. The van der Waals surface area contributed by atoms with Crippen molar-refractivity contribution in [2.75, 3.05) is 60.3 Å². The van der Waals surface area contributed by atoms with Crippen molar-refractivity contribution in [3.05, 3.63) is 58.1 Å². The van der Waals surface area contributed by atoms with Crippen LogP contribution in [0, 0.1) is 10.1 Å². The van der Waals surface area contributed by atoms with Crippen molar-refractivity contribution in [1.82, 2.24) is 14.5 Å². The highest BCUT2D eigenvalue weighted by Crippen LogP contribution is 2.29. The Hall–Kier alpha value is -2.73. The van der Waals surface area contributed by atoms with E-state index in [1.54, 1.807) is 7.11 Å². The Morgan fingerprint density at radius 3 is 2.28 bits per heavy atom. The zero-order valence-electron chi connectivity index (χ0n) is 19.0. The third kappa shape index (κ3) is 6.89. The van der Waals surface area contributed by atoms with Gasteiger partial charge in [0.05, 0.1) is 23.0 Å². The SMILES string of the molecule is COc1ccc(C(CNc2ccc(S(=O)(=O)NCCN(C)C)cc2[N+](=O)[O-])N(C)C)cc1. The van der Waals surface area contributed by atoms with Crippen LogP contribution in [0.5, 0.6) is 5.75 Å². The van der Waals surface area contributed by atoms with Gasteiger partial charge in [0.1, 0.15) is 11.4 Å². The van der Waals surface area contributed by atoms with Gasteiger partial charge in [0.15, 0.2) is 0 Å². The van der Waals surface area contributed by atoms with E-state index in [9.17, 15) is 18.5 Å². The highest BCUT2D eigenvalue weighted by Gasteiger charge is 2.22. The first kappa shape index (κ1) is 25.5. The van der Waals surface area contributed by atoms with Crippen LogP contribution in [0.1, 0.15) is 11.6 Å². The largest absolute Gasteiger partial charge is 0.497 e. The van der Waals surface area contributed by atoms with Crippen molar-refractivity contribution in [2.24, 2.45) is 0 Å². The van der Waals surface area contributed by atoms with Crippen molar-refractivity contribution in [3.8, 4) is 5.75 Å². The average molecular weight is 466 g/mol. The van der Waals surface area contributed by atoms with E-state index in [4.69, 9.17) is 4.74 Å². The van der Waals surface area contributed by atoms with Gasteiger partial charge in [-0.05, 0) is 58.0 Å². The van der Waals surface area contributed by atoms with E-state index in [0.717, 1.165) is 17.4 Å². The minimum atomic E-state index is -3.85. The van der Waals surface area contributed by atoms with Crippen LogP contribution in [0.25, 0.3) is 0 Å². The molecule has 0 bridgehead atoms. The standard InChI is InChI=1S/C21H31N5O5S/c1-24(2)13-12-23-32(29,30)18-10-11-19(20(14-18)26(27)28)22-15-21(25(3)4)16-6-8-17(31-5)9-7-16/h6-11,14,21-23H,12-13,15H2,1-5H3. The fraction of sp³-hybridized carbons (Fsp3) is 0.429. The van der Waals surface area contributed by atoms with Gasteiger partial charge in [0.25, 0.3) is 5.69 Å². The number of hydrogen-bond acceptors (Lipinski definition) is 8. The van der Waals surface area contributed by atoms with E-state index in [0.29, 0.717) is 13.1 Å². The lowest BCUT2D eigenvalue weighted by atomic mass is 10.1. The van der Waals surface area contributed by atoms with Crippen LogP contribution >= 0.6 is 0 Å². The van der Waals surface area contributed by atoms with Gasteiger partial charge in [0, 0.05) is 25.7 Å². The summed E-state index contributed by atoms with van der Waals surface area (Å²) in [7, 11) is 5.23. The van der Waals surface area contributed by atoms with Crippen molar-refractivity contribution in [2.45, 2.75) is 10.9 Å². The van der Waals surface area contributed by atoms with E-state index < -0.39 is 14.9 Å². The molecule has 1 atom stereocenters. The maximum absolute atomic E-state index is 12.5. The number of ether oxygens (including phenoxy) is 1. The summed E-state index contributed by atoms with van der Waals surface area (Å²) in [5.74, 6) is 0.742. The zero-order valence-corrected chi connectivity index (χ0v) is 19.8. The van der Waals surface area contributed by atoms with E-state index in [-0.39, 0.29) is 28.9 Å². The Morgan fingerprint density at radius 2 is 1.75 bits per heavy atom. The predicted molar refractivity (Wildman–Crippen MR) is 125 cm³/mol. The first-order chi connectivity index (χ1) is 15.0. The summed E-state index contributed by atoms with van der Waals surface area (Å²) in [4.78, 5) is 14.7. The first-order valence-corrected chi connectivity index (χ1v) is 11.5. The lowest BCUT2D eigenvalue weighted by Gasteiger charge is -2.25. The number of nitro groups is 1. The molecule has 176 valence electrons. The van der Waals surface area contributed by atoms with Crippen LogP contribution in [-0.4, -0.2) is 78.1 Å². The Balaban J connectivity index is 2.22. The molecule has 0 saturated carbocycles. The Morgan fingerprint density at radius 1 is 1.09 bits per heavy atom. The molecule has 2 aromatic carbocycles. The summed E-state index contributed by atoms with van der Waals surface area (Å²) >= 11 is 0.